The smallest absolute Gasteiger partial charge is 0.243 e. The van der Waals surface area contributed by atoms with Crippen LogP contribution in [0.4, 0.5) is 0 Å². The van der Waals surface area contributed by atoms with Gasteiger partial charge in [0.05, 0.1) is 6.54 Å². The summed E-state index contributed by atoms with van der Waals surface area (Å²) < 4.78 is 0. The molecule has 1 fully saturated rings. The van der Waals surface area contributed by atoms with Crippen molar-refractivity contribution in [2.45, 2.75) is 33.4 Å². The predicted octanol–water partition coefficient (Wildman–Crippen LogP) is 0.873. The number of nitrogens with zero attached hydrogens (tertiary/aromatic N) is 2. The maximum atomic E-state index is 12.0. The first-order chi connectivity index (χ1) is 8.99. The number of piperazine rings is 1. The van der Waals surface area contributed by atoms with Gasteiger partial charge in [-0.3, -0.25) is 14.6 Å². The Bertz CT molecular complexity index is 482. The van der Waals surface area contributed by atoms with Crippen LogP contribution in [0.3, 0.4) is 0 Å². The van der Waals surface area contributed by atoms with Gasteiger partial charge in [0.2, 0.25) is 11.8 Å². The molecule has 0 spiro atoms. The summed E-state index contributed by atoms with van der Waals surface area (Å²) in [5.74, 6) is -0.0313. The van der Waals surface area contributed by atoms with Gasteiger partial charge < -0.3 is 10.2 Å². The Morgan fingerprint density at radius 2 is 2.16 bits per heavy atom. The number of hydrogen-bond acceptors (Lipinski definition) is 3. The maximum absolute atomic E-state index is 12.0. The van der Waals surface area contributed by atoms with Crippen LogP contribution in [0.2, 0.25) is 0 Å². The number of nitrogens with one attached hydrogen (secondary N) is 1. The first-order valence-electron chi connectivity index (χ1n) is 6.47. The number of aryl methyl sites for hydroxylation is 1. The highest BCUT2D eigenvalue weighted by atomic mass is 16.2. The van der Waals surface area contributed by atoms with Gasteiger partial charge in [-0.2, -0.15) is 0 Å². The molecule has 1 aromatic heterocycles. The third-order valence-corrected chi connectivity index (χ3v) is 3.30. The number of pyridine rings is 1. The normalized spacial score (nSPS) is 19.8. The predicted molar refractivity (Wildman–Crippen MR) is 71.2 cm³/mol. The molecule has 19 heavy (non-hydrogen) atoms. The van der Waals surface area contributed by atoms with E-state index in [1.807, 2.05) is 32.9 Å². The second-order valence-electron chi connectivity index (χ2n) is 5.24. The topological polar surface area (TPSA) is 62.3 Å². The maximum Gasteiger partial charge on any atom is 0.243 e. The zero-order valence-corrected chi connectivity index (χ0v) is 11.5. The Balaban J connectivity index is 2.21. The van der Waals surface area contributed by atoms with Crippen molar-refractivity contribution in [3.05, 3.63) is 29.6 Å². The van der Waals surface area contributed by atoms with Crippen molar-refractivity contribution < 1.29 is 9.59 Å². The van der Waals surface area contributed by atoms with E-state index < -0.39 is 6.04 Å². The average molecular weight is 261 g/mol. The van der Waals surface area contributed by atoms with Crippen LogP contribution in [-0.4, -0.2) is 34.3 Å². The third kappa shape index (κ3) is 2.92. The number of amides is 2. The molecule has 1 aromatic rings. The van der Waals surface area contributed by atoms with Crippen molar-refractivity contribution in [2.24, 2.45) is 5.92 Å². The van der Waals surface area contributed by atoms with Gasteiger partial charge in [-0.25, -0.2) is 0 Å². The fourth-order valence-corrected chi connectivity index (χ4v) is 2.30. The molecule has 1 atom stereocenters. The van der Waals surface area contributed by atoms with Gasteiger partial charge in [-0.05, 0) is 24.5 Å². The second-order valence-corrected chi connectivity index (χ2v) is 5.24. The summed E-state index contributed by atoms with van der Waals surface area (Å²) in [4.78, 5) is 29.8. The number of rotatable bonds is 3. The fourth-order valence-electron chi connectivity index (χ4n) is 2.30. The molecule has 2 amide bonds. The molecule has 5 nitrogen and oxygen atoms in total. The van der Waals surface area contributed by atoms with Crippen LogP contribution in [0.15, 0.2) is 18.3 Å². The summed E-state index contributed by atoms with van der Waals surface area (Å²) in [5.41, 5.74) is 1.88. The monoisotopic (exact) mass is 261 g/mol. The number of aromatic nitrogens is 1. The van der Waals surface area contributed by atoms with E-state index in [1.165, 1.54) is 0 Å². The van der Waals surface area contributed by atoms with Gasteiger partial charge in [-0.15, -0.1) is 0 Å². The fraction of sp³-hybridized carbons (Fsp3) is 0.500. The highest BCUT2D eigenvalue weighted by Crippen LogP contribution is 2.18. The molecule has 1 N–H and O–H groups in total. The molecular formula is C14H19N3O2. The lowest BCUT2D eigenvalue weighted by molar-refractivity contribution is -0.148. The zero-order valence-electron chi connectivity index (χ0n) is 11.5. The molecule has 2 heterocycles. The van der Waals surface area contributed by atoms with Crippen LogP contribution >= 0.6 is 0 Å². The molecule has 1 unspecified atom stereocenters. The Morgan fingerprint density at radius 1 is 1.42 bits per heavy atom. The zero-order chi connectivity index (χ0) is 14.0. The van der Waals surface area contributed by atoms with E-state index in [2.05, 4.69) is 10.3 Å². The van der Waals surface area contributed by atoms with Crippen LogP contribution in [0.1, 0.15) is 25.1 Å². The largest absolute Gasteiger partial charge is 0.345 e. The molecule has 1 aliphatic rings. The van der Waals surface area contributed by atoms with Crippen LogP contribution < -0.4 is 5.32 Å². The van der Waals surface area contributed by atoms with Crippen LogP contribution in [0, 0.1) is 12.8 Å². The highest BCUT2D eigenvalue weighted by Gasteiger charge is 2.36. The van der Waals surface area contributed by atoms with Crippen molar-refractivity contribution >= 4 is 11.8 Å². The standard InChI is InChI=1S/C14H19N3O2/c1-9(2)13-14(19)16-7-12(18)17(13)8-11-5-4-10(3)15-6-11/h4-6,9,13H,7-8H2,1-3H3,(H,16,19). The second kappa shape index (κ2) is 5.38. The number of carbonyl (C=O) groups excluding carboxylic acids is 2. The Morgan fingerprint density at radius 3 is 2.74 bits per heavy atom. The molecular weight excluding hydrogens is 242 g/mol. The van der Waals surface area contributed by atoms with E-state index in [0.29, 0.717) is 6.54 Å². The van der Waals surface area contributed by atoms with E-state index in [9.17, 15) is 9.59 Å². The highest BCUT2D eigenvalue weighted by molar-refractivity contribution is 5.94. The molecule has 1 aliphatic heterocycles. The Kier molecular flexibility index (Phi) is 3.83. The third-order valence-electron chi connectivity index (χ3n) is 3.30. The summed E-state index contributed by atoms with van der Waals surface area (Å²) >= 11 is 0. The van der Waals surface area contributed by atoms with Crippen LogP contribution in [-0.2, 0) is 16.1 Å². The summed E-state index contributed by atoms with van der Waals surface area (Å²) in [6.07, 6.45) is 1.76. The minimum atomic E-state index is -0.400. The lowest BCUT2D eigenvalue weighted by Gasteiger charge is -2.37. The first-order valence-corrected chi connectivity index (χ1v) is 6.47. The molecule has 0 saturated carbocycles. The summed E-state index contributed by atoms with van der Waals surface area (Å²) in [5, 5.41) is 2.64. The Hall–Kier alpha value is -1.91. The quantitative estimate of drug-likeness (QED) is 0.878. The van der Waals surface area contributed by atoms with E-state index in [4.69, 9.17) is 0 Å². The molecule has 0 aromatic carbocycles. The summed E-state index contributed by atoms with van der Waals surface area (Å²) in [6.45, 7) is 6.33. The van der Waals surface area contributed by atoms with Gasteiger partial charge in [0, 0.05) is 18.4 Å². The molecule has 5 heteroatoms. The SMILES string of the molecule is Cc1ccc(CN2C(=O)CNC(=O)C2C(C)C)cn1. The van der Waals surface area contributed by atoms with Crippen molar-refractivity contribution in [3.8, 4) is 0 Å². The minimum absolute atomic E-state index is 0.0427. The first kappa shape index (κ1) is 13.5. The molecule has 102 valence electrons. The van der Waals surface area contributed by atoms with E-state index in [1.54, 1.807) is 11.1 Å². The Labute approximate surface area is 113 Å². The van der Waals surface area contributed by atoms with Crippen molar-refractivity contribution in [1.82, 2.24) is 15.2 Å². The van der Waals surface area contributed by atoms with E-state index >= 15 is 0 Å². The van der Waals surface area contributed by atoms with Crippen LogP contribution in [0.25, 0.3) is 0 Å². The summed E-state index contributed by atoms with van der Waals surface area (Å²) in [6, 6.07) is 3.45. The summed E-state index contributed by atoms with van der Waals surface area (Å²) in [7, 11) is 0. The number of carbonyl (C=O) groups is 2. The lowest BCUT2D eigenvalue weighted by Crippen LogP contribution is -2.59. The van der Waals surface area contributed by atoms with E-state index in [0.717, 1.165) is 11.3 Å². The lowest BCUT2D eigenvalue weighted by atomic mass is 9.99. The molecule has 2 rings (SSSR count). The minimum Gasteiger partial charge on any atom is -0.345 e. The van der Waals surface area contributed by atoms with Crippen molar-refractivity contribution in [1.29, 1.82) is 0 Å². The van der Waals surface area contributed by atoms with Crippen molar-refractivity contribution in [3.63, 3.8) is 0 Å². The van der Waals surface area contributed by atoms with Crippen molar-refractivity contribution in [2.75, 3.05) is 6.54 Å². The van der Waals surface area contributed by atoms with Gasteiger partial charge in [-0.1, -0.05) is 19.9 Å². The van der Waals surface area contributed by atoms with Crippen LogP contribution in [0.5, 0.6) is 0 Å². The molecule has 0 bridgehead atoms. The average Bonchev–Trinajstić information content (AvgIpc) is 2.36. The molecule has 0 aliphatic carbocycles. The molecule has 0 radical (unpaired) electrons. The van der Waals surface area contributed by atoms with Gasteiger partial charge in [0.25, 0.3) is 0 Å². The van der Waals surface area contributed by atoms with Gasteiger partial charge in [0.1, 0.15) is 6.04 Å². The van der Waals surface area contributed by atoms with E-state index in [-0.39, 0.29) is 24.3 Å². The van der Waals surface area contributed by atoms with Gasteiger partial charge >= 0.3 is 0 Å². The number of hydrogen-bond donors (Lipinski definition) is 1. The van der Waals surface area contributed by atoms with Gasteiger partial charge in [0.15, 0.2) is 0 Å². The molecule has 1 saturated heterocycles.